The number of fused-ring (bicyclic) bond motifs is 1. The Balaban J connectivity index is 1.87. The van der Waals surface area contributed by atoms with E-state index in [0.717, 1.165) is 5.56 Å². The minimum absolute atomic E-state index is 0.0542. The first-order valence-electron chi connectivity index (χ1n) is 7.15. The number of methoxy groups -OCH3 is 1. The van der Waals surface area contributed by atoms with Gasteiger partial charge in [-0.3, -0.25) is 0 Å². The van der Waals surface area contributed by atoms with Crippen LogP contribution < -0.4 is 15.1 Å². The lowest BCUT2D eigenvalue weighted by molar-refractivity contribution is 0.414. The van der Waals surface area contributed by atoms with Crippen LogP contribution in [0.15, 0.2) is 68.7 Å². The molecule has 3 rings (SSSR count). The minimum atomic E-state index is -3.98. The van der Waals surface area contributed by atoms with Crippen LogP contribution in [-0.4, -0.2) is 15.5 Å². The number of rotatable bonds is 5. The molecular weight excluding hydrogens is 330 g/mol. The largest absolute Gasteiger partial charge is 0.497 e. The van der Waals surface area contributed by atoms with Gasteiger partial charge in [0.05, 0.1) is 7.11 Å². The Hall–Kier alpha value is -2.64. The molecule has 0 fully saturated rings. The monoisotopic (exact) mass is 345 g/mol. The first-order valence-corrected chi connectivity index (χ1v) is 8.63. The fraction of sp³-hybridized carbons (Fsp3) is 0.118. The number of hydrogen-bond donors (Lipinski definition) is 1. The van der Waals surface area contributed by atoms with E-state index in [1.807, 2.05) is 0 Å². The fourth-order valence-corrected chi connectivity index (χ4v) is 3.29. The maximum Gasteiger partial charge on any atom is 0.356 e. The summed E-state index contributed by atoms with van der Waals surface area (Å²) in [4.78, 5) is 11.6. The van der Waals surface area contributed by atoms with E-state index in [0.29, 0.717) is 16.7 Å². The van der Waals surface area contributed by atoms with Gasteiger partial charge in [0.1, 0.15) is 11.3 Å². The second-order valence-corrected chi connectivity index (χ2v) is 6.84. The molecule has 6 nitrogen and oxygen atoms in total. The van der Waals surface area contributed by atoms with Crippen LogP contribution in [0.25, 0.3) is 11.0 Å². The molecule has 24 heavy (non-hydrogen) atoms. The van der Waals surface area contributed by atoms with Gasteiger partial charge in [-0.25, -0.2) is 17.9 Å². The molecule has 0 bridgehead atoms. The van der Waals surface area contributed by atoms with E-state index < -0.39 is 20.5 Å². The maximum absolute atomic E-state index is 12.4. The molecule has 2 aromatic carbocycles. The Morgan fingerprint density at radius 1 is 1.08 bits per heavy atom. The lowest BCUT2D eigenvalue weighted by Gasteiger charge is -2.07. The summed E-state index contributed by atoms with van der Waals surface area (Å²) >= 11 is 0. The van der Waals surface area contributed by atoms with Crippen LogP contribution in [0.2, 0.25) is 0 Å². The Morgan fingerprint density at radius 3 is 2.50 bits per heavy atom. The van der Waals surface area contributed by atoms with E-state index in [1.165, 1.54) is 6.07 Å². The third-order valence-corrected chi connectivity index (χ3v) is 4.91. The van der Waals surface area contributed by atoms with Gasteiger partial charge in [-0.05, 0) is 29.8 Å². The summed E-state index contributed by atoms with van der Waals surface area (Å²) in [6, 6.07) is 15.0. The van der Waals surface area contributed by atoms with Gasteiger partial charge >= 0.3 is 5.63 Å². The fourth-order valence-electron chi connectivity index (χ4n) is 2.23. The van der Waals surface area contributed by atoms with Gasteiger partial charge in [-0.2, -0.15) is 0 Å². The Morgan fingerprint density at radius 2 is 1.79 bits per heavy atom. The van der Waals surface area contributed by atoms with Crippen molar-refractivity contribution in [3.8, 4) is 5.75 Å². The highest BCUT2D eigenvalue weighted by atomic mass is 32.2. The minimum Gasteiger partial charge on any atom is -0.497 e. The van der Waals surface area contributed by atoms with Gasteiger partial charge in [-0.15, -0.1) is 0 Å². The SMILES string of the molecule is COc1ccc(CNS(=O)(=O)c2cc3ccccc3oc2=O)cc1. The third-order valence-electron chi connectivity index (χ3n) is 3.52. The Labute approximate surface area is 138 Å². The lowest BCUT2D eigenvalue weighted by atomic mass is 10.2. The van der Waals surface area contributed by atoms with Crippen molar-refractivity contribution in [1.82, 2.24) is 4.72 Å². The molecule has 0 amide bonds. The predicted octanol–water partition coefficient (Wildman–Crippen LogP) is 2.28. The summed E-state index contributed by atoms with van der Waals surface area (Å²) in [5, 5.41) is 0.543. The molecule has 124 valence electrons. The van der Waals surface area contributed by atoms with Crippen LogP contribution in [0.5, 0.6) is 5.75 Å². The van der Waals surface area contributed by atoms with Gasteiger partial charge in [0.2, 0.25) is 10.0 Å². The smallest absolute Gasteiger partial charge is 0.356 e. The average molecular weight is 345 g/mol. The predicted molar refractivity (Wildman–Crippen MR) is 89.5 cm³/mol. The summed E-state index contributed by atoms with van der Waals surface area (Å²) in [5.41, 5.74) is 0.192. The molecule has 0 aliphatic heterocycles. The van der Waals surface area contributed by atoms with Gasteiger partial charge in [0.25, 0.3) is 0 Å². The molecule has 1 aromatic heterocycles. The third kappa shape index (κ3) is 3.32. The second-order valence-electron chi connectivity index (χ2n) is 5.11. The first kappa shape index (κ1) is 16.2. The molecule has 0 spiro atoms. The Bertz CT molecular complexity index is 1020. The second kappa shape index (κ2) is 6.46. The summed E-state index contributed by atoms with van der Waals surface area (Å²) in [6.07, 6.45) is 0. The molecule has 0 atom stereocenters. The standard InChI is InChI=1S/C17H15NO5S/c1-22-14-8-6-12(7-9-14)11-18-24(20,21)16-10-13-4-2-3-5-15(13)23-17(16)19/h2-10,18H,11H2,1H3. The average Bonchev–Trinajstić information content (AvgIpc) is 2.59. The van der Waals surface area contributed by atoms with Gasteiger partial charge in [0, 0.05) is 11.9 Å². The van der Waals surface area contributed by atoms with Crippen LogP contribution in [0.3, 0.4) is 0 Å². The van der Waals surface area contributed by atoms with E-state index in [2.05, 4.69) is 4.72 Å². The van der Waals surface area contributed by atoms with E-state index in [-0.39, 0.29) is 6.54 Å². The number of sulfonamides is 1. The number of ether oxygens (including phenoxy) is 1. The summed E-state index contributed by atoms with van der Waals surface area (Å²) in [6.45, 7) is 0.0542. The van der Waals surface area contributed by atoms with E-state index in [9.17, 15) is 13.2 Å². The highest BCUT2D eigenvalue weighted by molar-refractivity contribution is 7.89. The van der Waals surface area contributed by atoms with E-state index in [1.54, 1.807) is 55.6 Å². The van der Waals surface area contributed by atoms with Gasteiger partial charge in [0.15, 0.2) is 4.90 Å². The van der Waals surface area contributed by atoms with Crippen molar-refractivity contribution in [1.29, 1.82) is 0 Å². The molecule has 1 heterocycles. The molecular formula is C17H15NO5S. The van der Waals surface area contributed by atoms with E-state index in [4.69, 9.17) is 9.15 Å². The normalized spacial score (nSPS) is 11.5. The van der Waals surface area contributed by atoms with E-state index >= 15 is 0 Å². The van der Waals surface area contributed by atoms with Crippen LogP contribution in [-0.2, 0) is 16.6 Å². The van der Waals surface area contributed by atoms with Gasteiger partial charge in [-0.1, -0.05) is 30.3 Å². The van der Waals surface area contributed by atoms with Crippen molar-refractivity contribution < 1.29 is 17.6 Å². The van der Waals surface area contributed by atoms with Crippen LogP contribution in [0.4, 0.5) is 0 Å². The van der Waals surface area contributed by atoms with Crippen molar-refractivity contribution in [3.63, 3.8) is 0 Å². The lowest BCUT2D eigenvalue weighted by Crippen LogP contribution is -2.27. The van der Waals surface area contributed by atoms with Crippen molar-refractivity contribution in [2.24, 2.45) is 0 Å². The highest BCUT2D eigenvalue weighted by Crippen LogP contribution is 2.16. The summed E-state index contributed by atoms with van der Waals surface area (Å²) < 4.78 is 37.3. The zero-order valence-corrected chi connectivity index (χ0v) is 13.7. The van der Waals surface area contributed by atoms with Crippen LogP contribution >= 0.6 is 0 Å². The molecule has 0 saturated carbocycles. The van der Waals surface area contributed by atoms with Crippen molar-refractivity contribution in [2.75, 3.05) is 7.11 Å². The van der Waals surface area contributed by atoms with Crippen molar-refractivity contribution >= 4 is 21.0 Å². The summed E-state index contributed by atoms with van der Waals surface area (Å²) in [7, 11) is -2.43. The zero-order chi connectivity index (χ0) is 17.2. The number of para-hydroxylation sites is 1. The molecule has 0 radical (unpaired) electrons. The zero-order valence-electron chi connectivity index (χ0n) is 12.9. The number of benzene rings is 2. The first-order chi connectivity index (χ1) is 11.5. The highest BCUT2D eigenvalue weighted by Gasteiger charge is 2.20. The number of hydrogen-bond acceptors (Lipinski definition) is 5. The van der Waals surface area contributed by atoms with Crippen LogP contribution in [0.1, 0.15) is 5.56 Å². The van der Waals surface area contributed by atoms with Crippen molar-refractivity contribution in [2.45, 2.75) is 11.4 Å². The molecule has 1 N–H and O–H groups in total. The molecule has 0 aliphatic carbocycles. The summed E-state index contributed by atoms with van der Waals surface area (Å²) in [5.74, 6) is 0.678. The molecule has 0 saturated heterocycles. The Kier molecular flexibility index (Phi) is 4.37. The quantitative estimate of drug-likeness (QED) is 0.717. The molecule has 0 unspecified atom stereocenters. The molecule has 0 aliphatic rings. The maximum atomic E-state index is 12.4. The number of nitrogens with one attached hydrogen (secondary N) is 1. The topological polar surface area (TPSA) is 85.6 Å². The molecule has 7 heteroatoms. The van der Waals surface area contributed by atoms with Crippen LogP contribution in [0, 0.1) is 0 Å². The molecule has 3 aromatic rings. The van der Waals surface area contributed by atoms with Crippen molar-refractivity contribution in [3.05, 3.63) is 70.6 Å². The van der Waals surface area contributed by atoms with Gasteiger partial charge < -0.3 is 9.15 Å².